The van der Waals surface area contributed by atoms with E-state index in [-0.39, 0.29) is 36.0 Å². The van der Waals surface area contributed by atoms with E-state index in [2.05, 4.69) is 20.0 Å². The molecule has 6 N–H and O–H groups in total. The second-order valence-corrected chi connectivity index (χ2v) is 11.1. The number of hydrogen-bond donors (Lipinski definition) is 5. The monoisotopic (exact) mass is 554 g/mol. The predicted molar refractivity (Wildman–Crippen MR) is 135 cm³/mol. The molecule has 16 heteroatoms. The van der Waals surface area contributed by atoms with E-state index in [1.807, 2.05) is 30.3 Å². The van der Waals surface area contributed by atoms with Crippen molar-refractivity contribution < 1.29 is 33.4 Å². The van der Waals surface area contributed by atoms with Gasteiger partial charge in [0.25, 0.3) is 5.56 Å². The molecule has 5 atom stereocenters. The van der Waals surface area contributed by atoms with Crippen LogP contribution in [-0.4, -0.2) is 72.1 Å². The number of carbonyl (C=O) groups excluding carboxylic acids is 1. The van der Waals surface area contributed by atoms with E-state index < -0.39 is 43.9 Å². The molecule has 3 unspecified atom stereocenters. The number of H-pyrrole nitrogens is 1. The molecule has 1 aromatic carbocycles. The van der Waals surface area contributed by atoms with Crippen molar-refractivity contribution in [3.05, 3.63) is 52.6 Å². The van der Waals surface area contributed by atoms with Gasteiger partial charge in [-0.05, 0) is 12.5 Å². The quantitative estimate of drug-likeness (QED) is 0.118. The number of nitrogens with zero attached hydrogens (tertiary/aromatic N) is 3. The van der Waals surface area contributed by atoms with E-state index in [9.17, 15) is 24.4 Å². The van der Waals surface area contributed by atoms with Gasteiger partial charge in [-0.3, -0.25) is 28.2 Å². The highest BCUT2D eigenvalue weighted by molar-refractivity contribution is 8.11. The Labute approximate surface area is 215 Å². The second kappa shape index (κ2) is 11.4. The number of imidazole rings is 1. The van der Waals surface area contributed by atoms with Crippen LogP contribution in [0, 0.1) is 0 Å². The number of nitrogens with two attached hydrogens (primary N) is 1. The summed E-state index contributed by atoms with van der Waals surface area (Å²) in [6.45, 7) is 1.04. The van der Waals surface area contributed by atoms with Crippen molar-refractivity contribution >= 4 is 42.2 Å². The van der Waals surface area contributed by atoms with E-state index in [0.29, 0.717) is 5.62 Å². The number of carbonyl (C=O) groups is 1. The summed E-state index contributed by atoms with van der Waals surface area (Å²) in [5.74, 6) is 0.0965. The number of benzene rings is 1. The Morgan fingerprint density at radius 3 is 2.86 bits per heavy atom. The Morgan fingerprint density at radius 1 is 1.38 bits per heavy atom. The molecule has 2 aromatic heterocycles. The first-order chi connectivity index (χ1) is 17.6. The van der Waals surface area contributed by atoms with Crippen molar-refractivity contribution in [3.8, 4) is 0 Å². The van der Waals surface area contributed by atoms with Crippen LogP contribution in [0.15, 0.2) is 41.5 Å². The molecule has 14 nitrogen and oxygen atoms in total. The fourth-order valence-electron chi connectivity index (χ4n) is 3.83. The van der Waals surface area contributed by atoms with Crippen LogP contribution < -0.4 is 16.4 Å². The third-order valence-electron chi connectivity index (χ3n) is 5.72. The van der Waals surface area contributed by atoms with Crippen molar-refractivity contribution in [2.24, 2.45) is 0 Å². The molecule has 0 aliphatic carbocycles. The molecule has 37 heavy (non-hydrogen) atoms. The molecule has 0 radical (unpaired) electrons. The molecule has 0 saturated carbocycles. The number of fused-ring (bicyclic) bond motifs is 1. The molecule has 3 heterocycles. The fraction of sp³-hybridized carbons (Fsp3) is 0.429. The Balaban J connectivity index is 1.50. The van der Waals surface area contributed by atoms with Gasteiger partial charge in [-0.1, -0.05) is 42.1 Å². The van der Waals surface area contributed by atoms with Gasteiger partial charge in [-0.15, -0.1) is 0 Å². The van der Waals surface area contributed by atoms with Crippen LogP contribution in [0.2, 0.25) is 0 Å². The summed E-state index contributed by atoms with van der Waals surface area (Å²) in [5, 5.41) is 24.7. The van der Waals surface area contributed by atoms with Gasteiger partial charge in [0, 0.05) is 12.3 Å². The van der Waals surface area contributed by atoms with Gasteiger partial charge in [-0.2, -0.15) is 4.98 Å². The number of nitrogens with one attached hydrogen (secondary N) is 2. The molecule has 200 valence electrons. The molecule has 0 amide bonds. The molecule has 1 aliphatic rings. The van der Waals surface area contributed by atoms with Gasteiger partial charge in [0.1, 0.15) is 17.8 Å². The molecule has 3 aromatic rings. The van der Waals surface area contributed by atoms with E-state index in [0.717, 1.165) is 17.3 Å². The van der Waals surface area contributed by atoms with Crippen LogP contribution in [0.4, 0.5) is 5.95 Å². The first-order valence-corrected chi connectivity index (χ1v) is 13.8. The summed E-state index contributed by atoms with van der Waals surface area (Å²) >= 11 is 0.953. The zero-order valence-electron chi connectivity index (χ0n) is 19.7. The fourth-order valence-corrected chi connectivity index (χ4v) is 5.54. The van der Waals surface area contributed by atoms with Gasteiger partial charge >= 0.3 is 7.75 Å². The van der Waals surface area contributed by atoms with Crippen molar-refractivity contribution in [2.45, 2.75) is 37.5 Å². The summed E-state index contributed by atoms with van der Waals surface area (Å²) in [7, 11) is -3.92. The molecule has 1 saturated heterocycles. The number of aliphatic hydroxyl groups is 2. The minimum Gasteiger partial charge on any atom is -0.387 e. The maximum atomic E-state index is 13.4. The summed E-state index contributed by atoms with van der Waals surface area (Å²) in [6.07, 6.45) is -2.61. The third-order valence-corrected chi connectivity index (χ3v) is 7.81. The number of rotatable bonds is 12. The standard InChI is InChI=1S/C21H27N6O8PS/c1-21(31)16(29)14(35-19(21)27-11-23-15-17(27)25-20(22)26-18(15)30)10-34-36(32,33-7-8-37-12-28)24-9-13-5-3-2-4-6-13/h2-6,11-12,14,16,19,29,31H,7-10H2,1H3,(H,24,32)(H3,22,25,26,30)/t14-,16?,19-,21?,36?/m1/s1. The molecular formula is C21H27N6O8PS. The van der Waals surface area contributed by atoms with Crippen LogP contribution in [0.25, 0.3) is 11.2 Å². The van der Waals surface area contributed by atoms with Crippen molar-refractivity contribution in [2.75, 3.05) is 24.7 Å². The van der Waals surface area contributed by atoms with Gasteiger partial charge in [-0.25, -0.2) is 14.6 Å². The molecule has 0 bridgehead atoms. The van der Waals surface area contributed by atoms with Crippen LogP contribution in [0.3, 0.4) is 0 Å². The lowest BCUT2D eigenvalue weighted by molar-refractivity contribution is -0.0948. The van der Waals surface area contributed by atoms with E-state index in [4.69, 9.17) is 19.5 Å². The Morgan fingerprint density at radius 2 is 2.14 bits per heavy atom. The lowest BCUT2D eigenvalue weighted by Gasteiger charge is -2.27. The number of anilines is 1. The third kappa shape index (κ3) is 6.10. The zero-order chi connectivity index (χ0) is 26.6. The first-order valence-electron chi connectivity index (χ1n) is 11.2. The molecule has 1 aliphatic heterocycles. The van der Waals surface area contributed by atoms with Crippen LogP contribution in [0.5, 0.6) is 0 Å². The first kappa shape index (κ1) is 27.4. The number of thioether (sulfide) groups is 1. The minimum atomic E-state index is -3.92. The number of aliphatic hydroxyl groups excluding tert-OH is 1. The molecule has 1 fully saturated rings. The molecule has 0 spiro atoms. The highest BCUT2D eigenvalue weighted by Crippen LogP contribution is 2.46. The zero-order valence-corrected chi connectivity index (χ0v) is 21.4. The lowest BCUT2D eigenvalue weighted by Crippen LogP contribution is -2.44. The minimum absolute atomic E-state index is 0.0287. The van der Waals surface area contributed by atoms with E-state index in [1.165, 1.54) is 17.8 Å². The molecule has 4 rings (SSSR count). The largest absolute Gasteiger partial charge is 0.405 e. The summed E-state index contributed by atoms with van der Waals surface area (Å²) in [6, 6.07) is 9.15. The van der Waals surface area contributed by atoms with Crippen molar-refractivity contribution in [3.63, 3.8) is 0 Å². The normalized spacial score (nSPS) is 25.3. The Bertz CT molecular complexity index is 1340. The van der Waals surface area contributed by atoms with Gasteiger partial charge in [0.2, 0.25) is 5.95 Å². The summed E-state index contributed by atoms with van der Waals surface area (Å²) in [5.41, 5.74) is 4.69. The van der Waals surface area contributed by atoms with Gasteiger partial charge < -0.3 is 20.7 Å². The van der Waals surface area contributed by atoms with Crippen molar-refractivity contribution in [1.29, 1.82) is 0 Å². The summed E-state index contributed by atoms with van der Waals surface area (Å²) < 4.78 is 31.6. The number of aromatic amines is 1. The van der Waals surface area contributed by atoms with Crippen LogP contribution in [0.1, 0.15) is 18.7 Å². The maximum absolute atomic E-state index is 13.4. The van der Waals surface area contributed by atoms with Crippen LogP contribution >= 0.6 is 19.5 Å². The number of ether oxygens (including phenoxy) is 1. The SMILES string of the molecule is CC1(O)C(O)[C@@H](COP(=O)(NCc2ccccc2)OCCSC=O)O[C@H]1n1cnc2c(=O)[nH]c(N)nc21. The second-order valence-electron chi connectivity index (χ2n) is 8.39. The Kier molecular flexibility index (Phi) is 8.46. The number of aromatic nitrogens is 4. The lowest BCUT2D eigenvalue weighted by atomic mass is 9.96. The smallest absolute Gasteiger partial charge is 0.387 e. The van der Waals surface area contributed by atoms with Crippen LogP contribution in [-0.2, 0) is 29.7 Å². The van der Waals surface area contributed by atoms with Gasteiger partial charge in [0.15, 0.2) is 23.0 Å². The maximum Gasteiger partial charge on any atom is 0.405 e. The average molecular weight is 555 g/mol. The molecular weight excluding hydrogens is 527 g/mol. The topological polar surface area (TPSA) is 204 Å². The van der Waals surface area contributed by atoms with E-state index in [1.54, 1.807) is 0 Å². The summed E-state index contributed by atoms with van der Waals surface area (Å²) in [4.78, 5) is 33.1. The Hall–Kier alpha value is -2.62. The average Bonchev–Trinajstić information content (AvgIpc) is 3.38. The van der Waals surface area contributed by atoms with Gasteiger partial charge in [0.05, 0.1) is 19.5 Å². The van der Waals surface area contributed by atoms with E-state index >= 15 is 0 Å². The number of nitrogen functional groups attached to an aromatic ring is 1. The predicted octanol–water partition coefficient (Wildman–Crippen LogP) is 0.566. The number of hydrogen-bond acceptors (Lipinski definition) is 12. The highest BCUT2D eigenvalue weighted by Gasteiger charge is 2.54. The highest BCUT2D eigenvalue weighted by atomic mass is 32.2. The van der Waals surface area contributed by atoms with Crippen molar-refractivity contribution in [1.82, 2.24) is 24.6 Å².